The lowest BCUT2D eigenvalue weighted by molar-refractivity contribution is -0.120. The SMILES string of the molecule is CNc1cc(N2CCc3c(-c4ccc(CN5CCN(c6ccc(-c7cccc8c(N9CCC(=O)NC9=O)cncc78)cc6)CC5)cn4)cccc32)nn2c(C(=O)N[C@@H]3C[C@@H]3F)cnc12. The molecule has 3 aromatic carbocycles. The first-order valence-corrected chi connectivity index (χ1v) is 21.7. The zero-order valence-electron chi connectivity index (χ0n) is 35.2. The number of pyridine rings is 2. The Labute approximate surface area is 367 Å². The molecular formula is C48H45FN12O3. The summed E-state index contributed by atoms with van der Waals surface area (Å²) in [7, 11) is 1.81. The highest BCUT2D eigenvalue weighted by molar-refractivity contribution is 6.11. The van der Waals surface area contributed by atoms with Crippen molar-refractivity contribution in [1.82, 2.24) is 40.1 Å². The van der Waals surface area contributed by atoms with E-state index in [0.29, 0.717) is 36.7 Å². The van der Waals surface area contributed by atoms with Crippen molar-refractivity contribution in [3.63, 3.8) is 0 Å². The number of nitrogens with one attached hydrogen (secondary N) is 3. The van der Waals surface area contributed by atoms with Crippen LogP contribution in [0.1, 0.15) is 34.5 Å². The number of carbonyl (C=O) groups is 3. The number of amides is 4. The van der Waals surface area contributed by atoms with E-state index >= 15 is 0 Å². The van der Waals surface area contributed by atoms with Crippen LogP contribution in [0, 0.1) is 0 Å². The highest BCUT2D eigenvalue weighted by Gasteiger charge is 2.39. The molecule has 0 radical (unpaired) electrons. The molecule has 2 saturated heterocycles. The van der Waals surface area contributed by atoms with E-state index in [-0.39, 0.29) is 18.0 Å². The summed E-state index contributed by atoms with van der Waals surface area (Å²) in [6.45, 7) is 5.52. The van der Waals surface area contributed by atoms with Crippen LogP contribution in [-0.2, 0) is 17.8 Å². The number of hydrogen-bond acceptors (Lipinski definition) is 11. The van der Waals surface area contributed by atoms with E-state index in [9.17, 15) is 18.8 Å². The molecule has 7 aromatic rings. The van der Waals surface area contributed by atoms with E-state index in [2.05, 4.69) is 95.2 Å². The van der Waals surface area contributed by atoms with Gasteiger partial charge in [-0.2, -0.15) is 0 Å². The normalized spacial score (nSPS) is 18.7. The van der Waals surface area contributed by atoms with Gasteiger partial charge in [0.05, 0.1) is 35.5 Å². The van der Waals surface area contributed by atoms with Crippen LogP contribution in [0.5, 0.6) is 0 Å². The Hall–Kier alpha value is -7.46. The standard InChI is InChI=1S/C48H45FN12O3/c1-50-40-23-44(56-61-43(27-53-46(40)61)47(63)54-39-22-37(39)49)59-16-14-35-33(5-3-7-41(35)59)38-13-8-29(24-52-38)28-57-18-20-58(21-19-57)31-11-9-30(10-12-31)32-4-2-6-34-36(32)25-51-26-42(34)60-17-15-45(62)55-48(60)64/h2-13,23-27,37,39,50H,14-22,28H2,1H3,(H,54,63)(H,55,62,64)/t37-,39+/m0/s1. The molecule has 3 aliphatic heterocycles. The van der Waals surface area contributed by atoms with Gasteiger partial charge in [0.1, 0.15) is 6.17 Å². The van der Waals surface area contributed by atoms with Crippen LogP contribution >= 0.6 is 0 Å². The predicted octanol–water partition coefficient (Wildman–Crippen LogP) is 6.35. The number of alkyl halides is 1. The molecule has 3 fully saturated rings. The molecule has 322 valence electrons. The molecule has 7 heterocycles. The Morgan fingerprint density at radius 1 is 0.812 bits per heavy atom. The van der Waals surface area contributed by atoms with Gasteiger partial charge in [-0.25, -0.2) is 18.7 Å². The minimum atomic E-state index is -1.01. The fourth-order valence-corrected chi connectivity index (χ4v) is 9.29. The summed E-state index contributed by atoms with van der Waals surface area (Å²) in [4.78, 5) is 60.0. The average molecular weight is 857 g/mol. The molecule has 64 heavy (non-hydrogen) atoms. The molecule has 0 unspecified atom stereocenters. The number of hydrogen-bond donors (Lipinski definition) is 3. The third kappa shape index (κ3) is 7.18. The van der Waals surface area contributed by atoms with Gasteiger partial charge in [-0.3, -0.25) is 34.7 Å². The number of carbonyl (C=O) groups excluding carboxylic acids is 3. The summed E-state index contributed by atoms with van der Waals surface area (Å²) >= 11 is 0. The molecule has 0 spiro atoms. The quantitative estimate of drug-likeness (QED) is 0.141. The van der Waals surface area contributed by atoms with E-state index in [1.54, 1.807) is 15.6 Å². The van der Waals surface area contributed by atoms with Gasteiger partial charge in [0.15, 0.2) is 17.2 Å². The molecule has 3 N–H and O–H groups in total. The summed E-state index contributed by atoms with van der Waals surface area (Å²) in [6.07, 6.45) is 7.39. The molecule has 4 aromatic heterocycles. The maximum absolute atomic E-state index is 13.6. The van der Waals surface area contributed by atoms with Crippen molar-refractivity contribution in [2.45, 2.75) is 38.0 Å². The molecule has 0 bridgehead atoms. The summed E-state index contributed by atoms with van der Waals surface area (Å²) in [5, 5.41) is 15.1. The molecule has 4 amide bonds. The van der Waals surface area contributed by atoms with Gasteiger partial charge in [0.2, 0.25) is 5.91 Å². The van der Waals surface area contributed by atoms with E-state index in [0.717, 1.165) is 83.7 Å². The number of piperazine rings is 1. The van der Waals surface area contributed by atoms with Crippen molar-refractivity contribution in [2.24, 2.45) is 0 Å². The molecule has 1 aliphatic carbocycles. The number of halogens is 1. The Bertz CT molecular complexity index is 2970. The molecule has 4 aliphatic rings. The third-order valence-corrected chi connectivity index (χ3v) is 12.8. The van der Waals surface area contributed by atoms with Gasteiger partial charge in [0, 0.05) is 112 Å². The fraction of sp³-hybridized carbons (Fsp3) is 0.271. The highest BCUT2D eigenvalue weighted by atomic mass is 19.1. The Morgan fingerprint density at radius 3 is 2.38 bits per heavy atom. The monoisotopic (exact) mass is 856 g/mol. The van der Waals surface area contributed by atoms with Gasteiger partial charge in [-0.1, -0.05) is 48.5 Å². The van der Waals surface area contributed by atoms with Crippen molar-refractivity contribution < 1.29 is 18.8 Å². The average Bonchev–Trinajstić information content (AvgIpc) is 3.63. The first-order valence-electron chi connectivity index (χ1n) is 21.7. The fourth-order valence-electron chi connectivity index (χ4n) is 9.29. The second-order valence-electron chi connectivity index (χ2n) is 16.8. The number of imidazole rings is 1. The molecule has 2 atom stereocenters. The number of aromatic nitrogens is 5. The second kappa shape index (κ2) is 16.0. The van der Waals surface area contributed by atoms with Crippen LogP contribution in [0.25, 0.3) is 38.8 Å². The van der Waals surface area contributed by atoms with Crippen LogP contribution in [0.3, 0.4) is 0 Å². The predicted molar refractivity (Wildman–Crippen MR) is 244 cm³/mol. The van der Waals surface area contributed by atoms with Crippen molar-refractivity contribution in [1.29, 1.82) is 0 Å². The maximum atomic E-state index is 13.6. The minimum Gasteiger partial charge on any atom is -0.385 e. The lowest BCUT2D eigenvalue weighted by Gasteiger charge is -2.36. The highest BCUT2D eigenvalue weighted by Crippen LogP contribution is 2.40. The van der Waals surface area contributed by atoms with Gasteiger partial charge in [0.25, 0.3) is 5.91 Å². The van der Waals surface area contributed by atoms with Crippen LogP contribution in [-0.4, -0.2) is 106 Å². The lowest BCUT2D eigenvalue weighted by atomic mass is 9.98. The molecule has 16 heteroatoms. The zero-order chi connectivity index (χ0) is 43.5. The van der Waals surface area contributed by atoms with Crippen LogP contribution in [0.2, 0.25) is 0 Å². The molecule has 11 rings (SSSR count). The summed E-state index contributed by atoms with van der Waals surface area (Å²) in [6, 6.07) is 26.3. The number of benzene rings is 3. The van der Waals surface area contributed by atoms with Crippen LogP contribution in [0.4, 0.5) is 37.8 Å². The first-order chi connectivity index (χ1) is 31.3. The Kier molecular flexibility index (Phi) is 9.86. The minimum absolute atomic E-state index is 0.253. The smallest absolute Gasteiger partial charge is 0.328 e. The van der Waals surface area contributed by atoms with Gasteiger partial charge in [-0.15, -0.1) is 5.10 Å². The number of nitrogens with zero attached hydrogens (tertiary/aromatic N) is 9. The van der Waals surface area contributed by atoms with Crippen LogP contribution in [0.15, 0.2) is 104 Å². The molecule has 15 nitrogen and oxygen atoms in total. The molecular weight excluding hydrogens is 812 g/mol. The van der Waals surface area contributed by atoms with Gasteiger partial charge >= 0.3 is 6.03 Å². The number of imide groups is 1. The van der Waals surface area contributed by atoms with E-state index in [1.807, 2.05) is 43.7 Å². The van der Waals surface area contributed by atoms with E-state index < -0.39 is 24.2 Å². The van der Waals surface area contributed by atoms with E-state index in [4.69, 9.17) is 10.1 Å². The van der Waals surface area contributed by atoms with Crippen molar-refractivity contribution >= 4 is 62.8 Å². The van der Waals surface area contributed by atoms with Crippen molar-refractivity contribution in [3.05, 3.63) is 120 Å². The number of anilines is 5. The van der Waals surface area contributed by atoms with Crippen molar-refractivity contribution in [3.8, 4) is 22.4 Å². The summed E-state index contributed by atoms with van der Waals surface area (Å²) in [5.74, 6) is 0.0192. The number of fused-ring (bicyclic) bond motifs is 3. The second-order valence-corrected chi connectivity index (χ2v) is 16.8. The Balaban J connectivity index is 0.739. The summed E-state index contributed by atoms with van der Waals surface area (Å²) in [5.41, 5.74) is 10.9. The molecule has 1 saturated carbocycles. The topological polar surface area (TPSA) is 156 Å². The third-order valence-electron chi connectivity index (χ3n) is 12.8. The van der Waals surface area contributed by atoms with Crippen molar-refractivity contribution in [2.75, 3.05) is 66.3 Å². The number of urea groups is 1. The number of rotatable bonds is 10. The zero-order valence-corrected chi connectivity index (χ0v) is 35.2. The lowest BCUT2D eigenvalue weighted by Crippen LogP contribution is -2.49. The van der Waals surface area contributed by atoms with Gasteiger partial charge < -0.3 is 20.4 Å². The summed E-state index contributed by atoms with van der Waals surface area (Å²) < 4.78 is 15.1. The largest absolute Gasteiger partial charge is 0.385 e. The van der Waals surface area contributed by atoms with Crippen LogP contribution < -0.4 is 30.7 Å². The Morgan fingerprint density at radius 2 is 1.61 bits per heavy atom. The van der Waals surface area contributed by atoms with Gasteiger partial charge in [-0.05, 0) is 52.9 Å². The van der Waals surface area contributed by atoms with E-state index in [1.165, 1.54) is 23.0 Å². The first kappa shape index (κ1) is 39.4. The maximum Gasteiger partial charge on any atom is 0.328 e.